The van der Waals surface area contributed by atoms with E-state index in [1.165, 1.54) is 26.4 Å². The fourth-order valence-corrected chi connectivity index (χ4v) is 2.64. The van der Waals surface area contributed by atoms with E-state index in [9.17, 15) is 19.9 Å². The molecule has 0 aliphatic heterocycles. The topological polar surface area (TPSA) is 96.3 Å². The van der Waals surface area contributed by atoms with Gasteiger partial charge in [-0.3, -0.25) is 15.1 Å². The Kier molecular flexibility index (Phi) is 7.68. The summed E-state index contributed by atoms with van der Waals surface area (Å²) in [5.41, 5.74) is -0.485. The minimum atomic E-state index is -1.44. The van der Waals surface area contributed by atoms with Crippen LogP contribution in [-0.2, 0) is 4.79 Å². The molecule has 138 valence electrons. The molecule has 1 aromatic rings. The first kappa shape index (κ1) is 21.2. The second-order valence-electron chi connectivity index (χ2n) is 5.73. The maximum absolute atomic E-state index is 12.7. The molecule has 0 saturated carbocycles. The zero-order chi connectivity index (χ0) is 19.3. The van der Waals surface area contributed by atoms with Gasteiger partial charge in [0.1, 0.15) is 17.1 Å². The van der Waals surface area contributed by atoms with Crippen LogP contribution in [0.4, 0.5) is 0 Å². The lowest BCUT2D eigenvalue weighted by molar-refractivity contribution is -0.133. The number of ketones is 1. The SMILES string of the molecule is COc1cc(OC)c(C(=O)/C(=C\N(O)C(C)C(C)C)C(=O)O)cc1I. The molecule has 7 nitrogen and oxygen atoms in total. The second-order valence-corrected chi connectivity index (χ2v) is 6.89. The van der Waals surface area contributed by atoms with E-state index in [1.54, 1.807) is 6.92 Å². The molecule has 0 amide bonds. The molecule has 0 heterocycles. The standard InChI is InChI=1S/C17H22INO6/c1-9(2)10(3)19(23)8-12(17(21)22)16(20)11-6-13(18)15(25-5)7-14(11)24-4/h6-10,23H,1-5H3,(H,21,22)/b12-8+. The smallest absolute Gasteiger partial charge is 0.341 e. The van der Waals surface area contributed by atoms with Gasteiger partial charge in [0, 0.05) is 12.3 Å². The van der Waals surface area contributed by atoms with E-state index in [2.05, 4.69) is 0 Å². The maximum atomic E-state index is 12.7. The van der Waals surface area contributed by atoms with Crippen molar-refractivity contribution < 1.29 is 29.4 Å². The zero-order valence-corrected chi connectivity index (χ0v) is 16.9. The van der Waals surface area contributed by atoms with Gasteiger partial charge in [-0.15, -0.1) is 0 Å². The molecule has 0 radical (unpaired) electrons. The minimum absolute atomic E-state index is 0.0582. The number of carboxylic acids is 1. The molecule has 1 rings (SSSR count). The van der Waals surface area contributed by atoms with E-state index >= 15 is 0 Å². The Labute approximate surface area is 160 Å². The molecule has 1 aromatic carbocycles. The lowest BCUT2D eigenvalue weighted by Crippen LogP contribution is -2.31. The van der Waals surface area contributed by atoms with Gasteiger partial charge in [-0.2, -0.15) is 0 Å². The molecule has 0 bridgehead atoms. The largest absolute Gasteiger partial charge is 0.496 e. The number of carbonyl (C=O) groups excluding carboxylic acids is 1. The van der Waals surface area contributed by atoms with Gasteiger partial charge < -0.3 is 14.6 Å². The third kappa shape index (κ3) is 5.08. The van der Waals surface area contributed by atoms with Crippen molar-refractivity contribution in [2.45, 2.75) is 26.8 Å². The van der Waals surface area contributed by atoms with Gasteiger partial charge >= 0.3 is 5.97 Å². The summed E-state index contributed by atoms with van der Waals surface area (Å²) in [6.07, 6.45) is 0.936. The number of hydrogen-bond acceptors (Lipinski definition) is 6. The number of rotatable bonds is 8. The monoisotopic (exact) mass is 463 g/mol. The predicted molar refractivity (Wildman–Crippen MR) is 100 cm³/mol. The van der Waals surface area contributed by atoms with Gasteiger partial charge in [0.25, 0.3) is 0 Å². The molecule has 25 heavy (non-hydrogen) atoms. The Morgan fingerprint density at radius 3 is 2.16 bits per heavy atom. The van der Waals surface area contributed by atoms with Crippen LogP contribution in [0, 0.1) is 9.49 Å². The molecule has 0 saturated heterocycles. The highest BCUT2D eigenvalue weighted by atomic mass is 127. The van der Waals surface area contributed by atoms with E-state index in [1.807, 2.05) is 36.4 Å². The van der Waals surface area contributed by atoms with Crippen molar-refractivity contribution in [1.82, 2.24) is 5.06 Å². The predicted octanol–water partition coefficient (Wildman–Crippen LogP) is 3.20. The number of carboxylic acid groups (broad SMARTS) is 1. The van der Waals surface area contributed by atoms with E-state index in [0.29, 0.717) is 9.32 Å². The third-order valence-electron chi connectivity index (χ3n) is 3.84. The molecule has 0 aliphatic carbocycles. The Morgan fingerprint density at radius 2 is 1.72 bits per heavy atom. The summed E-state index contributed by atoms with van der Waals surface area (Å²) in [6.45, 7) is 5.47. The molecular formula is C17H22INO6. The Hall–Kier alpha value is -1.81. The minimum Gasteiger partial charge on any atom is -0.496 e. The van der Waals surface area contributed by atoms with E-state index in [0.717, 1.165) is 11.3 Å². The normalized spacial score (nSPS) is 12.7. The summed E-state index contributed by atoms with van der Waals surface area (Å²) in [5.74, 6) is -1.45. The molecule has 1 atom stereocenters. The van der Waals surface area contributed by atoms with Crippen LogP contribution in [0.1, 0.15) is 31.1 Å². The third-order valence-corrected chi connectivity index (χ3v) is 4.68. The van der Waals surface area contributed by atoms with Gasteiger partial charge in [-0.1, -0.05) is 13.8 Å². The van der Waals surface area contributed by atoms with Crippen molar-refractivity contribution in [3.63, 3.8) is 0 Å². The highest BCUT2D eigenvalue weighted by molar-refractivity contribution is 14.1. The van der Waals surface area contributed by atoms with Crippen LogP contribution >= 0.6 is 22.6 Å². The van der Waals surface area contributed by atoms with Crippen molar-refractivity contribution in [3.8, 4) is 11.5 Å². The number of Topliss-reactive ketones (excluding diaryl/α,β-unsaturated/α-hetero) is 1. The summed E-state index contributed by atoms with van der Waals surface area (Å²) < 4.78 is 11.0. The molecule has 0 spiro atoms. The van der Waals surface area contributed by atoms with Gasteiger partial charge in [-0.05, 0) is 41.5 Å². The summed E-state index contributed by atoms with van der Waals surface area (Å²) in [7, 11) is 2.86. The van der Waals surface area contributed by atoms with Crippen LogP contribution in [0.2, 0.25) is 0 Å². The highest BCUT2D eigenvalue weighted by Crippen LogP contribution is 2.31. The molecule has 1 unspecified atom stereocenters. The van der Waals surface area contributed by atoms with Gasteiger partial charge in [0.15, 0.2) is 0 Å². The summed E-state index contributed by atoms with van der Waals surface area (Å²) in [5, 5.41) is 20.2. The van der Waals surface area contributed by atoms with Crippen LogP contribution in [-0.4, -0.2) is 47.4 Å². The number of benzene rings is 1. The number of hydroxylamine groups is 2. The van der Waals surface area contributed by atoms with Crippen LogP contribution < -0.4 is 9.47 Å². The van der Waals surface area contributed by atoms with Gasteiger partial charge in [0.05, 0.1) is 29.4 Å². The summed E-state index contributed by atoms with van der Waals surface area (Å²) >= 11 is 1.98. The Bertz CT molecular complexity index is 686. The number of hydrogen-bond donors (Lipinski definition) is 2. The van der Waals surface area contributed by atoms with Crippen molar-refractivity contribution in [2.24, 2.45) is 5.92 Å². The van der Waals surface area contributed by atoms with E-state index in [-0.39, 0.29) is 23.3 Å². The molecule has 0 aromatic heterocycles. The molecule has 0 aliphatic rings. The number of aliphatic carboxylic acids is 1. The molecule has 2 N–H and O–H groups in total. The first-order valence-corrected chi connectivity index (χ1v) is 8.60. The lowest BCUT2D eigenvalue weighted by atomic mass is 10.0. The molecular weight excluding hydrogens is 441 g/mol. The summed E-state index contributed by atoms with van der Waals surface area (Å²) in [6, 6.07) is 2.65. The maximum Gasteiger partial charge on any atom is 0.341 e. The zero-order valence-electron chi connectivity index (χ0n) is 14.7. The number of halogens is 1. The van der Waals surface area contributed by atoms with Crippen LogP contribution in [0.3, 0.4) is 0 Å². The average Bonchev–Trinajstić information content (AvgIpc) is 2.57. The molecule has 8 heteroatoms. The van der Waals surface area contributed by atoms with Crippen molar-refractivity contribution in [1.29, 1.82) is 0 Å². The summed E-state index contributed by atoms with van der Waals surface area (Å²) in [4.78, 5) is 24.3. The van der Waals surface area contributed by atoms with E-state index < -0.39 is 17.3 Å². The first-order valence-electron chi connectivity index (χ1n) is 7.52. The van der Waals surface area contributed by atoms with Gasteiger partial charge in [0.2, 0.25) is 5.78 Å². The van der Waals surface area contributed by atoms with Crippen LogP contribution in [0.15, 0.2) is 23.9 Å². The fourth-order valence-electron chi connectivity index (χ4n) is 1.95. The highest BCUT2D eigenvalue weighted by Gasteiger charge is 2.26. The Balaban J connectivity index is 3.38. The lowest BCUT2D eigenvalue weighted by Gasteiger charge is -2.24. The first-order chi connectivity index (χ1) is 11.6. The second kappa shape index (κ2) is 9.04. The number of methoxy groups -OCH3 is 2. The fraction of sp³-hybridized carbons (Fsp3) is 0.412. The van der Waals surface area contributed by atoms with Crippen molar-refractivity contribution in [2.75, 3.05) is 14.2 Å². The Morgan fingerprint density at radius 1 is 1.16 bits per heavy atom. The van der Waals surface area contributed by atoms with Crippen molar-refractivity contribution in [3.05, 3.63) is 33.0 Å². The van der Waals surface area contributed by atoms with E-state index in [4.69, 9.17) is 9.47 Å². The van der Waals surface area contributed by atoms with Crippen LogP contribution in [0.5, 0.6) is 11.5 Å². The van der Waals surface area contributed by atoms with Gasteiger partial charge in [-0.25, -0.2) is 4.79 Å². The number of nitrogens with zero attached hydrogens (tertiary/aromatic N) is 1. The average molecular weight is 463 g/mol. The number of ether oxygens (including phenoxy) is 2. The number of carbonyl (C=O) groups is 2. The molecule has 0 fully saturated rings. The van der Waals surface area contributed by atoms with Crippen molar-refractivity contribution >= 4 is 34.3 Å². The quantitative estimate of drug-likeness (QED) is 0.153. The van der Waals surface area contributed by atoms with Crippen LogP contribution in [0.25, 0.3) is 0 Å².